The summed E-state index contributed by atoms with van der Waals surface area (Å²) in [5.74, 6) is -1.68. The maximum absolute atomic E-state index is 14.0. The Labute approximate surface area is 239 Å². The lowest BCUT2D eigenvalue weighted by Gasteiger charge is -2.52. The van der Waals surface area contributed by atoms with E-state index >= 15 is 0 Å². The molecule has 40 heavy (non-hydrogen) atoms. The molecule has 2 N–H and O–H groups in total. The summed E-state index contributed by atoms with van der Waals surface area (Å²) in [4.78, 5) is 33.2. The van der Waals surface area contributed by atoms with Crippen LogP contribution in [0.4, 0.5) is 5.69 Å². The second kappa shape index (κ2) is 11.6. The fourth-order valence-corrected chi connectivity index (χ4v) is 8.03. The Bertz CT molecular complexity index is 1300. The van der Waals surface area contributed by atoms with Crippen molar-refractivity contribution in [1.29, 1.82) is 0 Å². The summed E-state index contributed by atoms with van der Waals surface area (Å²) in [6.07, 6.45) is 3.22. The molecule has 3 unspecified atom stereocenters. The van der Waals surface area contributed by atoms with E-state index in [0.29, 0.717) is 11.8 Å². The Kier molecular flexibility index (Phi) is 7.82. The molecular weight excluding hydrogens is 522 g/mol. The summed E-state index contributed by atoms with van der Waals surface area (Å²) >= 11 is 1.88. The molecule has 1 aliphatic carbocycles. The zero-order valence-electron chi connectivity index (χ0n) is 22.4. The topological polar surface area (TPSA) is 84.3 Å². The molecule has 0 radical (unpaired) electrons. The number of piperazine rings is 1. The molecule has 1 saturated carbocycles. The molecule has 3 aromatic carbocycles. The van der Waals surface area contributed by atoms with Crippen molar-refractivity contribution in [2.75, 3.05) is 24.5 Å². The largest absolute Gasteiger partial charge is 0.480 e. The number of benzene rings is 3. The van der Waals surface area contributed by atoms with Crippen molar-refractivity contribution >= 4 is 29.3 Å². The van der Waals surface area contributed by atoms with Crippen LogP contribution in [0.3, 0.4) is 0 Å². The van der Waals surface area contributed by atoms with E-state index in [-0.39, 0.29) is 25.0 Å². The van der Waals surface area contributed by atoms with Crippen molar-refractivity contribution in [2.24, 2.45) is 0 Å². The first-order chi connectivity index (χ1) is 19.5. The second-order valence-electron chi connectivity index (χ2n) is 10.9. The van der Waals surface area contributed by atoms with E-state index in [0.717, 1.165) is 41.0 Å². The van der Waals surface area contributed by atoms with Crippen LogP contribution >= 0.6 is 11.8 Å². The highest BCUT2D eigenvalue weighted by Gasteiger charge is 2.45. The van der Waals surface area contributed by atoms with E-state index in [1.807, 2.05) is 90.6 Å². The molecule has 8 heteroatoms. The van der Waals surface area contributed by atoms with Crippen LogP contribution < -0.4 is 4.90 Å². The number of carboxylic acid groups (broad SMARTS) is 1. The van der Waals surface area contributed by atoms with Gasteiger partial charge < -0.3 is 20.0 Å². The van der Waals surface area contributed by atoms with Gasteiger partial charge in [0.15, 0.2) is 6.35 Å². The smallest absolute Gasteiger partial charge is 0.322 e. The van der Waals surface area contributed by atoms with Gasteiger partial charge in [-0.25, -0.2) is 4.90 Å². The van der Waals surface area contributed by atoms with Gasteiger partial charge in [-0.2, -0.15) is 0 Å². The minimum atomic E-state index is -1.09. The van der Waals surface area contributed by atoms with Crippen molar-refractivity contribution in [1.82, 2.24) is 9.80 Å². The summed E-state index contributed by atoms with van der Waals surface area (Å²) in [5.41, 5.74) is 2.71. The van der Waals surface area contributed by atoms with Gasteiger partial charge in [-0.3, -0.25) is 9.59 Å². The molecule has 208 valence electrons. The number of thioether (sulfide) groups is 1. The summed E-state index contributed by atoms with van der Waals surface area (Å²) in [6.45, 7) is 0.622. The van der Waals surface area contributed by atoms with Gasteiger partial charge in [0.2, 0.25) is 5.91 Å². The molecule has 1 saturated heterocycles. The quantitative estimate of drug-likeness (QED) is 0.458. The standard InChI is InChI=1S/C32H35N3O4S/c36-30(29(22-11-3-1-4-12-22)23-13-5-2-6-14-23)33-19-20-34(26(21-33)31(37)38)32(39)35-24-15-7-9-17-27(24)40-28-18-10-8-16-25(28)35/h1-7,9,11-15,17,25-26,28-29,32,39H,8,10,16,18-21H2,(H,37,38)/t25?,26-,28?,32?/m0/s1. The van der Waals surface area contributed by atoms with Crippen molar-refractivity contribution in [2.45, 2.75) is 60.2 Å². The number of carbonyl (C=O) groups excluding carboxylic acids is 1. The van der Waals surface area contributed by atoms with E-state index in [1.165, 1.54) is 6.42 Å². The Morgan fingerprint density at radius 2 is 1.45 bits per heavy atom. The van der Waals surface area contributed by atoms with E-state index in [2.05, 4.69) is 11.0 Å². The molecule has 3 aromatic rings. The van der Waals surface area contributed by atoms with Gasteiger partial charge in [0.05, 0.1) is 11.6 Å². The summed E-state index contributed by atoms with van der Waals surface area (Å²) < 4.78 is 0. The Hall–Kier alpha value is -3.33. The number of carboxylic acids is 1. The van der Waals surface area contributed by atoms with Crippen LogP contribution in [0.15, 0.2) is 89.8 Å². The molecule has 1 amide bonds. The minimum absolute atomic E-state index is 0.0136. The zero-order valence-corrected chi connectivity index (χ0v) is 23.2. The van der Waals surface area contributed by atoms with Crippen LogP contribution in [0.5, 0.6) is 0 Å². The van der Waals surface area contributed by atoms with Crippen LogP contribution in [-0.4, -0.2) is 75.2 Å². The summed E-state index contributed by atoms with van der Waals surface area (Å²) in [5, 5.41) is 22.6. The van der Waals surface area contributed by atoms with Gasteiger partial charge in [0, 0.05) is 35.8 Å². The molecule has 0 spiro atoms. The fraction of sp³-hybridized carbons (Fsp3) is 0.375. The third kappa shape index (κ3) is 5.11. The maximum atomic E-state index is 14.0. The number of carbonyl (C=O) groups is 2. The van der Waals surface area contributed by atoms with E-state index in [9.17, 15) is 19.8 Å². The van der Waals surface area contributed by atoms with Crippen LogP contribution in [0.1, 0.15) is 42.7 Å². The zero-order chi connectivity index (χ0) is 27.6. The molecule has 2 fully saturated rings. The van der Waals surface area contributed by atoms with Crippen molar-refractivity contribution < 1.29 is 19.8 Å². The second-order valence-corrected chi connectivity index (χ2v) is 12.1. The van der Waals surface area contributed by atoms with Crippen molar-refractivity contribution in [3.05, 3.63) is 96.1 Å². The summed E-state index contributed by atoms with van der Waals surface area (Å²) in [6, 6.07) is 26.5. The molecule has 0 bridgehead atoms. The average molecular weight is 558 g/mol. The number of rotatable bonds is 6. The molecular formula is C32H35N3O4S. The lowest BCUT2D eigenvalue weighted by atomic mass is 9.89. The van der Waals surface area contributed by atoms with Crippen LogP contribution in [-0.2, 0) is 9.59 Å². The number of aliphatic carboxylic acids is 1. The van der Waals surface area contributed by atoms with E-state index in [1.54, 1.807) is 9.80 Å². The molecule has 2 aliphatic heterocycles. The first kappa shape index (κ1) is 26.9. The molecule has 7 nitrogen and oxygen atoms in total. The number of hydrogen-bond acceptors (Lipinski definition) is 6. The van der Waals surface area contributed by atoms with Crippen molar-refractivity contribution in [3.8, 4) is 0 Å². The van der Waals surface area contributed by atoms with Gasteiger partial charge in [-0.15, -0.1) is 11.8 Å². The van der Waals surface area contributed by atoms with Crippen LogP contribution in [0.25, 0.3) is 0 Å². The van der Waals surface area contributed by atoms with Crippen LogP contribution in [0.2, 0.25) is 0 Å². The SMILES string of the molecule is O=C(O)[C@@H]1CN(C(=O)C(c2ccccc2)c2ccccc2)CCN1C(O)N1c2ccccc2SC2CCCCC21. The number of fused-ring (bicyclic) bond motifs is 2. The summed E-state index contributed by atoms with van der Waals surface area (Å²) in [7, 11) is 0. The maximum Gasteiger partial charge on any atom is 0.322 e. The Morgan fingerprint density at radius 3 is 2.12 bits per heavy atom. The molecule has 4 atom stereocenters. The normalized spacial score (nSPS) is 23.8. The van der Waals surface area contributed by atoms with Gasteiger partial charge in [0.25, 0.3) is 0 Å². The number of amides is 1. The predicted molar refractivity (Wildman–Crippen MR) is 156 cm³/mol. The van der Waals surface area contributed by atoms with Crippen molar-refractivity contribution in [3.63, 3.8) is 0 Å². The number of nitrogens with zero attached hydrogens (tertiary/aromatic N) is 3. The van der Waals surface area contributed by atoms with Crippen LogP contribution in [0, 0.1) is 0 Å². The monoisotopic (exact) mass is 557 g/mol. The van der Waals surface area contributed by atoms with Gasteiger partial charge in [-0.05, 0) is 36.1 Å². The molecule has 6 rings (SSSR count). The number of para-hydroxylation sites is 1. The molecule has 2 heterocycles. The van der Waals surface area contributed by atoms with E-state index < -0.39 is 24.3 Å². The molecule has 0 aromatic heterocycles. The predicted octanol–water partition coefficient (Wildman–Crippen LogP) is 4.62. The number of aliphatic hydroxyl groups is 1. The number of hydrogen-bond donors (Lipinski definition) is 2. The molecule has 3 aliphatic rings. The van der Waals surface area contributed by atoms with Gasteiger partial charge in [-0.1, -0.05) is 85.6 Å². The Morgan fingerprint density at radius 1 is 0.825 bits per heavy atom. The first-order valence-electron chi connectivity index (χ1n) is 14.1. The van der Waals surface area contributed by atoms with Gasteiger partial charge in [0.1, 0.15) is 6.04 Å². The highest BCUT2D eigenvalue weighted by molar-refractivity contribution is 8.00. The number of aliphatic hydroxyl groups excluding tert-OH is 1. The highest BCUT2D eigenvalue weighted by atomic mass is 32.2. The number of anilines is 1. The lowest BCUT2D eigenvalue weighted by molar-refractivity contribution is -0.157. The fourth-order valence-electron chi connectivity index (χ4n) is 6.54. The Balaban J connectivity index is 1.27. The minimum Gasteiger partial charge on any atom is -0.480 e. The van der Waals surface area contributed by atoms with Gasteiger partial charge >= 0.3 is 5.97 Å². The third-order valence-corrected chi connectivity index (χ3v) is 9.98. The average Bonchev–Trinajstić information content (AvgIpc) is 3.00. The lowest BCUT2D eigenvalue weighted by Crippen LogP contribution is -2.66. The van der Waals surface area contributed by atoms with E-state index in [4.69, 9.17) is 0 Å². The third-order valence-electron chi connectivity index (χ3n) is 8.52. The highest BCUT2D eigenvalue weighted by Crippen LogP contribution is 2.47. The first-order valence-corrected chi connectivity index (χ1v) is 15.0.